The van der Waals surface area contributed by atoms with Gasteiger partial charge in [0.15, 0.2) is 0 Å². The minimum Gasteiger partial charge on any atom is -0.468 e. The summed E-state index contributed by atoms with van der Waals surface area (Å²) in [6.07, 6.45) is -1.20. The van der Waals surface area contributed by atoms with Gasteiger partial charge in [0.2, 0.25) is 0 Å². The first-order valence-electron chi connectivity index (χ1n) is 6.18. The minimum atomic E-state index is -4.18. The molecule has 1 aromatic rings. The summed E-state index contributed by atoms with van der Waals surface area (Å²) in [7, 11) is 1.85. The maximum absolute atomic E-state index is 12.5. The zero-order valence-corrected chi connectivity index (χ0v) is 10.8. The van der Waals surface area contributed by atoms with Crippen molar-refractivity contribution in [3.05, 3.63) is 35.3 Å². The largest absolute Gasteiger partial charge is 0.468 e. The maximum Gasteiger partial charge on any atom is 0.412 e. The average molecular weight is 274 g/mol. The number of nitrogens with one attached hydrogen (secondary N) is 1. The summed E-state index contributed by atoms with van der Waals surface area (Å²) in [5, 5.41) is 3.02. The molecule has 0 radical (unpaired) electrons. The number of alkyl halides is 3. The zero-order chi connectivity index (χ0) is 13.9. The lowest BCUT2D eigenvalue weighted by Crippen LogP contribution is -2.31. The fourth-order valence-corrected chi connectivity index (χ4v) is 2.14. The van der Waals surface area contributed by atoms with E-state index in [9.17, 15) is 13.2 Å². The zero-order valence-electron chi connectivity index (χ0n) is 10.8. The van der Waals surface area contributed by atoms with Crippen molar-refractivity contribution in [3.8, 4) is 0 Å². The van der Waals surface area contributed by atoms with Crippen LogP contribution < -0.4 is 5.32 Å². The first-order valence-corrected chi connectivity index (χ1v) is 6.18. The van der Waals surface area contributed by atoms with E-state index in [2.05, 4.69) is 5.32 Å². The molecule has 2 heterocycles. The predicted molar refractivity (Wildman–Crippen MR) is 65.5 cm³/mol. The Kier molecular flexibility index (Phi) is 4.31. The van der Waals surface area contributed by atoms with Gasteiger partial charge >= 0.3 is 6.18 Å². The topological polar surface area (TPSA) is 28.4 Å². The van der Waals surface area contributed by atoms with Gasteiger partial charge in [-0.05, 0) is 19.5 Å². The molecule has 0 atom stereocenters. The van der Waals surface area contributed by atoms with Crippen LogP contribution in [0.1, 0.15) is 17.7 Å². The number of hydrogen-bond acceptors (Lipinski definition) is 3. The number of halogens is 3. The van der Waals surface area contributed by atoms with Crippen molar-refractivity contribution in [1.29, 1.82) is 0 Å². The van der Waals surface area contributed by atoms with Crippen molar-refractivity contribution in [2.75, 3.05) is 20.1 Å². The fraction of sp³-hybridized carbons (Fsp3) is 0.538. The van der Waals surface area contributed by atoms with Crippen molar-refractivity contribution in [1.82, 2.24) is 10.2 Å². The lowest BCUT2D eigenvalue weighted by molar-refractivity contribution is -0.0961. The fourth-order valence-electron chi connectivity index (χ4n) is 2.14. The third kappa shape index (κ3) is 3.84. The van der Waals surface area contributed by atoms with Crippen LogP contribution in [0.25, 0.3) is 0 Å². The Morgan fingerprint density at radius 1 is 1.42 bits per heavy atom. The average Bonchev–Trinajstić information content (AvgIpc) is 2.77. The Morgan fingerprint density at radius 2 is 2.21 bits per heavy atom. The van der Waals surface area contributed by atoms with E-state index in [1.165, 1.54) is 6.08 Å². The summed E-state index contributed by atoms with van der Waals surface area (Å²) in [4.78, 5) is 1.94. The summed E-state index contributed by atoms with van der Waals surface area (Å²) in [6.45, 7) is 2.00. The maximum atomic E-state index is 12.5. The summed E-state index contributed by atoms with van der Waals surface area (Å²) < 4.78 is 42.8. The highest BCUT2D eigenvalue weighted by Gasteiger charge is 2.34. The van der Waals surface area contributed by atoms with Gasteiger partial charge in [0.1, 0.15) is 5.76 Å². The van der Waals surface area contributed by atoms with Crippen LogP contribution in [0.2, 0.25) is 0 Å². The monoisotopic (exact) mass is 274 g/mol. The van der Waals surface area contributed by atoms with Crippen molar-refractivity contribution >= 4 is 0 Å². The molecular weight excluding hydrogens is 257 g/mol. The highest BCUT2D eigenvalue weighted by molar-refractivity contribution is 5.15. The Morgan fingerprint density at radius 3 is 2.79 bits per heavy atom. The number of rotatable bonds is 4. The van der Waals surface area contributed by atoms with Crippen LogP contribution in [-0.4, -0.2) is 31.2 Å². The molecule has 19 heavy (non-hydrogen) atoms. The van der Waals surface area contributed by atoms with Crippen LogP contribution in [0.3, 0.4) is 0 Å². The minimum absolute atomic E-state index is 0.0492. The van der Waals surface area contributed by atoms with Gasteiger partial charge in [0.05, 0.1) is 12.8 Å². The van der Waals surface area contributed by atoms with Crippen molar-refractivity contribution in [3.63, 3.8) is 0 Å². The van der Waals surface area contributed by atoms with Crippen LogP contribution in [0.4, 0.5) is 13.2 Å². The molecule has 106 valence electrons. The molecule has 6 heteroatoms. The molecule has 0 bridgehead atoms. The Hall–Kier alpha value is -1.27. The van der Waals surface area contributed by atoms with Gasteiger partial charge < -0.3 is 9.73 Å². The molecule has 0 fully saturated rings. The van der Waals surface area contributed by atoms with E-state index >= 15 is 0 Å². The van der Waals surface area contributed by atoms with Crippen LogP contribution >= 0.6 is 0 Å². The first kappa shape index (κ1) is 14.1. The summed E-state index contributed by atoms with van der Waals surface area (Å²) >= 11 is 0. The van der Waals surface area contributed by atoms with Crippen LogP contribution in [0.5, 0.6) is 0 Å². The van der Waals surface area contributed by atoms with E-state index in [-0.39, 0.29) is 6.42 Å². The van der Waals surface area contributed by atoms with E-state index in [0.717, 1.165) is 17.9 Å². The molecule has 0 amide bonds. The molecule has 0 spiro atoms. The van der Waals surface area contributed by atoms with E-state index in [1.807, 2.05) is 18.0 Å². The SMILES string of the molecule is CNCc1coc(CN2CC=C(C(F)(F)F)CC2)c1. The lowest BCUT2D eigenvalue weighted by Gasteiger charge is -2.26. The molecule has 1 N–H and O–H groups in total. The Balaban J connectivity index is 1.90. The van der Waals surface area contributed by atoms with Gasteiger partial charge in [0, 0.05) is 30.8 Å². The molecule has 0 aliphatic carbocycles. The van der Waals surface area contributed by atoms with Crippen molar-refractivity contribution < 1.29 is 17.6 Å². The van der Waals surface area contributed by atoms with Crippen LogP contribution in [-0.2, 0) is 13.1 Å². The van der Waals surface area contributed by atoms with Gasteiger partial charge in [-0.2, -0.15) is 13.2 Å². The molecule has 1 aliphatic rings. The molecule has 3 nitrogen and oxygen atoms in total. The van der Waals surface area contributed by atoms with Gasteiger partial charge in [-0.3, -0.25) is 4.90 Å². The van der Waals surface area contributed by atoms with Gasteiger partial charge in [-0.25, -0.2) is 0 Å². The standard InChI is InChI=1S/C13H17F3N2O/c1-17-7-10-6-12(19-9-10)8-18-4-2-11(3-5-18)13(14,15)16/h2,6,9,17H,3-5,7-8H2,1H3. The second-order valence-corrected chi connectivity index (χ2v) is 4.66. The first-order chi connectivity index (χ1) is 8.99. The van der Waals surface area contributed by atoms with Gasteiger partial charge in [-0.1, -0.05) is 6.08 Å². The van der Waals surface area contributed by atoms with E-state index in [1.54, 1.807) is 6.26 Å². The van der Waals surface area contributed by atoms with Crippen molar-refractivity contribution in [2.45, 2.75) is 25.7 Å². The van der Waals surface area contributed by atoms with E-state index in [4.69, 9.17) is 4.42 Å². The summed E-state index contributed by atoms with van der Waals surface area (Å²) in [5.41, 5.74) is 0.625. The number of nitrogens with zero attached hydrogens (tertiary/aromatic N) is 1. The van der Waals surface area contributed by atoms with Crippen molar-refractivity contribution in [2.24, 2.45) is 0 Å². The highest BCUT2D eigenvalue weighted by Crippen LogP contribution is 2.30. The van der Waals surface area contributed by atoms with Crippen LogP contribution in [0, 0.1) is 0 Å². The smallest absolute Gasteiger partial charge is 0.412 e. The number of hydrogen-bond donors (Lipinski definition) is 1. The lowest BCUT2D eigenvalue weighted by atomic mass is 10.1. The highest BCUT2D eigenvalue weighted by atomic mass is 19.4. The number of furan rings is 1. The predicted octanol–water partition coefficient (Wildman–Crippen LogP) is 2.69. The molecule has 1 aromatic heterocycles. The molecule has 2 rings (SSSR count). The molecule has 0 saturated heterocycles. The molecule has 1 aliphatic heterocycles. The second kappa shape index (κ2) is 5.79. The normalized spacial score (nSPS) is 17.6. The Bertz CT molecular complexity index is 451. The van der Waals surface area contributed by atoms with E-state index in [0.29, 0.717) is 19.6 Å². The van der Waals surface area contributed by atoms with Gasteiger partial charge in [-0.15, -0.1) is 0 Å². The Labute approximate surface area is 110 Å². The summed E-state index contributed by atoms with van der Waals surface area (Å²) in [5.74, 6) is 0.786. The molecule has 0 aromatic carbocycles. The van der Waals surface area contributed by atoms with E-state index < -0.39 is 11.7 Å². The second-order valence-electron chi connectivity index (χ2n) is 4.66. The van der Waals surface area contributed by atoms with Gasteiger partial charge in [0.25, 0.3) is 0 Å². The third-order valence-corrected chi connectivity index (χ3v) is 3.13. The quantitative estimate of drug-likeness (QED) is 0.856. The van der Waals surface area contributed by atoms with Crippen LogP contribution in [0.15, 0.2) is 28.4 Å². The third-order valence-electron chi connectivity index (χ3n) is 3.13. The molecule has 0 unspecified atom stereocenters. The summed E-state index contributed by atoms with van der Waals surface area (Å²) in [6, 6.07) is 1.93. The molecule has 0 saturated carbocycles. The molecular formula is C13H17F3N2O.